The third-order valence-electron chi connectivity index (χ3n) is 3.19. The van der Waals surface area contributed by atoms with Crippen LogP contribution in [0.15, 0.2) is 10.3 Å². The first-order chi connectivity index (χ1) is 9.53. The van der Waals surface area contributed by atoms with Gasteiger partial charge in [0.05, 0.1) is 6.61 Å². The molecule has 0 aromatic carbocycles. The number of rotatable bonds is 9. The van der Waals surface area contributed by atoms with Gasteiger partial charge < -0.3 is 10.1 Å². The van der Waals surface area contributed by atoms with Gasteiger partial charge in [0.25, 0.3) is 0 Å². The molecule has 2 rings (SSSR count). The van der Waals surface area contributed by atoms with E-state index in [4.69, 9.17) is 4.74 Å². The van der Waals surface area contributed by atoms with Crippen LogP contribution in [-0.2, 0) is 21.3 Å². The molecule has 0 spiro atoms. The van der Waals surface area contributed by atoms with Crippen LogP contribution in [0, 0.1) is 12.8 Å². The van der Waals surface area contributed by atoms with Crippen molar-refractivity contribution in [1.82, 2.24) is 10.0 Å². The van der Waals surface area contributed by atoms with E-state index in [1.165, 1.54) is 24.2 Å². The summed E-state index contributed by atoms with van der Waals surface area (Å²) in [7, 11) is -1.55. The topological polar surface area (TPSA) is 67.4 Å². The molecular formula is C13H22N2O3S2. The van der Waals surface area contributed by atoms with Gasteiger partial charge in [-0.3, -0.25) is 0 Å². The highest BCUT2D eigenvalue weighted by molar-refractivity contribution is 7.91. The van der Waals surface area contributed by atoms with Gasteiger partial charge in [-0.2, -0.15) is 0 Å². The summed E-state index contributed by atoms with van der Waals surface area (Å²) in [6.07, 6.45) is 2.49. The van der Waals surface area contributed by atoms with Crippen molar-refractivity contribution in [2.24, 2.45) is 5.92 Å². The fourth-order valence-electron chi connectivity index (χ4n) is 1.81. The Labute approximate surface area is 124 Å². The van der Waals surface area contributed by atoms with Crippen LogP contribution in [0.3, 0.4) is 0 Å². The van der Waals surface area contributed by atoms with Crippen LogP contribution in [0.5, 0.6) is 0 Å². The van der Waals surface area contributed by atoms with Crippen LogP contribution in [-0.4, -0.2) is 35.2 Å². The number of hydrogen-bond acceptors (Lipinski definition) is 5. The summed E-state index contributed by atoms with van der Waals surface area (Å²) in [5.74, 6) is 0.704. The molecule has 2 N–H and O–H groups in total. The van der Waals surface area contributed by atoms with E-state index in [-0.39, 0.29) is 0 Å². The Morgan fingerprint density at radius 3 is 2.85 bits per heavy atom. The fourth-order valence-corrected chi connectivity index (χ4v) is 4.47. The summed E-state index contributed by atoms with van der Waals surface area (Å²) in [6, 6.07) is 1.73. The summed E-state index contributed by atoms with van der Waals surface area (Å²) in [5.41, 5.74) is 1.01. The molecule has 0 saturated heterocycles. The van der Waals surface area contributed by atoms with Gasteiger partial charge in [-0.25, -0.2) is 13.1 Å². The lowest BCUT2D eigenvalue weighted by atomic mass is 10.3. The minimum Gasteiger partial charge on any atom is -0.380 e. The SMILES string of the molecule is CNCc1sc(S(=O)(=O)NCCOCC2CC2)cc1C. The number of hydrogen-bond donors (Lipinski definition) is 2. The van der Waals surface area contributed by atoms with Gasteiger partial charge in [-0.15, -0.1) is 11.3 Å². The molecule has 20 heavy (non-hydrogen) atoms. The first kappa shape index (κ1) is 15.9. The second-order valence-corrected chi connectivity index (χ2v) is 8.25. The fraction of sp³-hybridized carbons (Fsp3) is 0.692. The number of aryl methyl sites for hydroxylation is 1. The minimum atomic E-state index is -3.40. The van der Waals surface area contributed by atoms with Gasteiger partial charge in [-0.1, -0.05) is 0 Å². The molecule has 0 radical (unpaired) electrons. The average Bonchev–Trinajstić information content (AvgIpc) is 3.13. The largest absolute Gasteiger partial charge is 0.380 e. The molecule has 114 valence electrons. The van der Waals surface area contributed by atoms with E-state index < -0.39 is 10.0 Å². The summed E-state index contributed by atoms with van der Waals surface area (Å²) in [5, 5.41) is 3.04. The molecule has 5 nitrogen and oxygen atoms in total. The molecule has 0 aliphatic heterocycles. The van der Waals surface area contributed by atoms with E-state index in [1.54, 1.807) is 6.07 Å². The van der Waals surface area contributed by atoms with Crippen LogP contribution in [0.4, 0.5) is 0 Å². The van der Waals surface area contributed by atoms with Crippen molar-refractivity contribution < 1.29 is 13.2 Å². The van der Waals surface area contributed by atoms with Crippen molar-refractivity contribution >= 4 is 21.4 Å². The Bertz CT molecular complexity index is 536. The predicted octanol–water partition coefficient (Wildman–Crippen LogP) is 1.48. The summed E-state index contributed by atoms with van der Waals surface area (Å²) >= 11 is 1.32. The van der Waals surface area contributed by atoms with Gasteiger partial charge >= 0.3 is 0 Å². The maximum absolute atomic E-state index is 12.1. The van der Waals surface area contributed by atoms with Gasteiger partial charge in [0.1, 0.15) is 4.21 Å². The number of ether oxygens (including phenoxy) is 1. The van der Waals surface area contributed by atoms with Gasteiger partial charge in [0.2, 0.25) is 10.0 Å². The number of thiophene rings is 1. The number of sulfonamides is 1. The molecule has 1 aliphatic carbocycles. The third kappa shape index (κ3) is 4.53. The molecular weight excluding hydrogens is 296 g/mol. The molecule has 0 bridgehead atoms. The zero-order valence-corrected chi connectivity index (χ0v) is 13.6. The van der Waals surface area contributed by atoms with E-state index in [9.17, 15) is 8.42 Å². The molecule has 1 saturated carbocycles. The van der Waals surface area contributed by atoms with Gasteiger partial charge in [0, 0.05) is 24.6 Å². The lowest BCUT2D eigenvalue weighted by Crippen LogP contribution is -2.27. The molecule has 0 unspecified atom stereocenters. The second kappa shape index (κ2) is 7.00. The zero-order valence-electron chi connectivity index (χ0n) is 11.9. The summed E-state index contributed by atoms with van der Waals surface area (Å²) in [6.45, 7) is 4.14. The smallest absolute Gasteiger partial charge is 0.250 e. The zero-order chi connectivity index (χ0) is 14.6. The standard InChI is InChI=1S/C13H22N2O3S2/c1-10-7-13(19-12(10)8-14-2)20(16,17)15-5-6-18-9-11-3-4-11/h7,11,14-15H,3-6,8-9H2,1-2H3. The van der Waals surface area contributed by atoms with E-state index in [0.29, 0.717) is 29.8 Å². The van der Waals surface area contributed by atoms with Crippen molar-refractivity contribution in [3.05, 3.63) is 16.5 Å². The van der Waals surface area contributed by atoms with Crippen LogP contribution < -0.4 is 10.0 Å². The molecule has 1 fully saturated rings. The lowest BCUT2D eigenvalue weighted by molar-refractivity contribution is 0.129. The maximum Gasteiger partial charge on any atom is 0.250 e. The average molecular weight is 318 g/mol. The third-order valence-corrected chi connectivity index (χ3v) is 6.36. The molecule has 7 heteroatoms. The number of nitrogens with one attached hydrogen (secondary N) is 2. The van der Waals surface area contributed by atoms with Crippen LogP contribution in [0.1, 0.15) is 23.3 Å². The molecule has 1 aliphatic rings. The van der Waals surface area contributed by atoms with E-state index >= 15 is 0 Å². The molecule has 1 aromatic heterocycles. The second-order valence-electron chi connectivity index (χ2n) is 5.12. The lowest BCUT2D eigenvalue weighted by Gasteiger charge is -2.05. The van der Waals surface area contributed by atoms with Crippen molar-refractivity contribution in [1.29, 1.82) is 0 Å². The Balaban J connectivity index is 1.83. The molecule has 0 atom stereocenters. The van der Waals surface area contributed by atoms with Crippen molar-refractivity contribution in [3.8, 4) is 0 Å². The molecule has 1 heterocycles. The minimum absolute atomic E-state index is 0.327. The van der Waals surface area contributed by atoms with Crippen LogP contribution in [0.25, 0.3) is 0 Å². The highest BCUT2D eigenvalue weighted by atomic mass is 32.2. The Hall–Kier alpha value is -0.470. The van der Waals surface area contributed by atoms with Gasteiger partial charge in [0.15, 0.2) is 0 Å². The van der Waals surface area contributed by atoms with Crippen LogP contribution >= 0.6 is 11.3 Å². The first-order valence-electron chi connectivity index (χ1n) is 6.84. The Morgan fingerprint density at radius 1 is 1.45 bits per heavy atom. The van der Waals surface area contributed by atoms with E-state index in [1.807, 2.05) is 14.0 Å². The van der Waals surface area contributed by atoms with Gasteiger partial charge in [-0.05, 0) is 44.4 Å². The van der Waals surface area contributed by atoms with Crippen molar-refractivity contribution in [2.75, 3.05) is 26.8 Å². The summed E-state index contributed by atoms with van der Waals surface area (Å²) in [4.78, 5) is 1.05. The maximum atomic E-state index is 12.1. The van der Waals surface area contributed by atoms with E-state index in [0.717, 1.165) is 17.0 Å². The molecule has 1 aromatic rings. The van der Waals surface area contributed by atoms with Crippen molar-refractivity contribution in [2.45, 2.75) is 30.5 Å². The normalized spacial score (nSPS) is 15.7. The van der Waals surface area contributed by atoms with Crippen LogP contribution in [0.2, 0.25) is 0 Å². The highest BCUT2D eigenvalue weighted by Gasteiger charge is 2.21. The first-order valence-corrected chi connectivity index (χ1v) is 9.14. The monoisotopic (exact) mass is 318 g/mol. The highest BCUT2D eigenvalue weighted by Crippen LogP contribution is 2.28. The Kier molecular flexibility index (Phi) is 5.57. The summed E-state index contributed by atoms with van der Waals surface area (Å²) < 4.78 is 32.7. The van der Waals surface area contributed by atoms with E-state index in [2.05, 4.69) is 10.0 Å². The Morgan fingerprint density at radius 2 is 2.20 bits per heavy atom. The van der Waals surface area contributed by atoms with Crippen molar-refractivity contribution in [3.63, 3.8) is 0 Å². The predicted molar refractivity (Wildman–Crippen MR) is 80.6 cm³/mol. The quantitative estimate of drug-likeness (QED) is 0.677. The molecule has 0 amide bonds.